The van der Waals surface area contributed by atoms with E-state index in [0.29, 0.717) is 17.3 Å². The molecule has 6 heteroatoms. The first-order chi connectivity index (χ1) is 12.0. The van der Waals surface area contributed by atoms with E-state index in [9.17, 15) is 4.79 Å². The van der Waals surface area contributed by atoms with Crippen molar-refractivity contribution in [1.29, 1.82) is 0 Å². The second-order valence-electron chi connectivity index (χ2n) is 5.79. The second-order valence-corrected chi connectivity index (χ2v) is 5.79. The third-order valence-electron chi connectivity index (χ3n) is 3.52. The van der Waals surface area contributed by atoms with Gasteiger partial charge in [-0.15, -0.1) is 0 Å². The summed E-state index contributed by atoms with van der Waals surface area (Å²) in [6, 6.07) is 14.5. The molecule has 0 spiro atoms. The normalized spacial score (nSPS) is 10.4. The molecular formula is C19H19N5O. The predicted octanol–water partition coefficient (Wildman–Crippen LogP) is 3.79. The highest BCUT2D eigenvalue weighted by Crippen LogP contribution is 2.16. The van der Waals surface area contributed by atoms with E-state index >= 15 is 0 Å². The van der Waals surface area contributed by atoms with Crippen molar-refractivity contribution < 1.29 is 4.79 Å². The number of rotatable bonds is 4. The lowest BCUT2D eigenvalue weighted by Gasteiger charge is -2.08. The summed E-state index contributed by atoms with van der Waals surface area (Å²) in [5, 5.41) is 5.93. The maximum absolute atomic E-state index is 12.3. The zero-order valence-corrected chi connectivity index (χ0v) is 14.4. The quantitative estimate of drug-likeness (QED) is 0.759. The van der Waals surface area contributed by atoms with Crippen molar-refractivity contribution in [3.63, 3.8) is 0 Å². The van der Waals surface area contributed by atoms with E-state index in [-0.39, 0.29) is 5.91 Å². The lowest BCUT2D eigenvalue weighted by atomic mass is 10.2. The monoisotopic (exact) mass is 333 g/mol. The van der Waals surface area contributed by atoms with Crippen LogP contribution in [-0.2, 0) is 0 Å². The Morgan fingerprint density at radius 2 is 1.52 bits per heavy atom. The van der Waals surface area contributed by atoms with Crippen molar-refractivity contribution in [3.05, 3.63) is 71.2 Å². The van der Waals surface area contributed by atoms with Gasteiger partial charge in [-0.3, -0.25) is 4.79 Å². The molecule has 126 valence electrons. The SMILES string of the molecule is Cc1cccc(NC(=O)c2ccc(Nc3nc(C)cc(C)n3)cc2)n1. The Morgan fingerprint density at radius 3 is 2.16 bits per heavy atom. The fraction of sp³-hybridized carbons (Fsp3) is 0.158. The molecule has 3 rings (SSSR count). The van der Waals surface area contributed by atoms with Crippen molar-refractivity contribution in [2.75, 3.05) is 10.6 Å². The molecule has 0 aliphatic heterocycles. The van der Waals surface area contributed by atoms with E-state index in [4.69, 9.17) is 0 Å². The van der Waals surface area contributed by atoms with Crippen LogP contribution in [0, 0.1) is 20.8 Å². The Balaban J connectivity index is 1.70. The molecule has 1 amide bonds. The van der Waals surface area contributed by atoms with Gasteiger partial charge in [-0.25, -0.2) is 15.0 Å². The summed E-state index contributed by atoms with van der Waals surface area (Å²) in [4.78, 5) is 25.2. The molecule has 0 saturated carbocycles. The molecule has 0 aliphatic rings. The molecule has 25 heavy (non-hydrogen) atoms. The molecule has 0 bridgehead atoms. The van der Waals surface area contributed by atoms with Crippen molar-refractivity contribution >= 4 is 23.4 Å². The molecule has 2 heterocycles. The minimum Gasteiger partial charge on any atom is -0.324 e. The van der Waals surface area contributed by atoms with Gasteiger partial charge in [-0.2, -0.15) is 0 Å². The van der Waals surface area contributed by atoms with Crippen LogP contribution >= 0.6 is 0 Å². The van der Waals surface area contributed by atoms with Gasteiger partial charge in [0.05, 0.1) is 0 Å². The highest BCUT2D eigenvalue weighted by atomic mass is 16.1. The van der Waals surface area contributed by atoms with Gasteiger partial charge in [0.15, 0.2) is 0 Å². The molecule has 2 aromatic heterocycles. The van der Waals surface area contributed by atoms with Gasteiger partial charge in [-0.05, 0) is 63.2 Å². The van der Waals surface area contributed by atoms with Crippen LogP contribution in [0.3, 0.4) is 0 Å². The standard InChI is InChI=1S/C19H19N5O/c1-12-5-4-6-17(20-12)24-18(25)15-7-9-16(10-8-15)23-19-21-13(2)11-14(3)22-19/h4-11H,1-3H3,(H,20,24,25)(H,21,22,23). The molecule has 0 fully saturated rings. The molecule has 1 aromatic carbocycles. The van der Waals surface area contributed by atoms with Crippen molar-refractivity contribution in [2.45, 2.75) is 20.8 Å². The van der Waals surface area contributed by atoms with Crippen LogP contribution in [0.25, 0.3) is 0 Å². The van der Waals surface area contributed by atoms with Crippen LogP contribution < -0.4 is 10.6 Å². The van der Waals surface area contributed by atoms with Gasteiger partial charge in [0, 0.05) is 28.3 Å². The predicted molar refractivity (Wildman–Crippen MR) is 98.2 cm³/mol. The van der Waals surface area contributed by atoms with Crippen molar-refractivity contribution in [1.82, 2.24) is 15.0 Å². The van der Waals surface area contributed by atoms with Crippen molar-refractivity contribution in [3.8, 4) is 0 Å². The number of aryl methyl sites for hydroxylation is 3. The zero-order valence-electron chi connectivity index (χ0n) is 14.4. The number of nitrogens with zero attached hydrogens (tertiary/aromatic N) is 3. The van der Waals surface area contributed by atoms with Crippen LogP contribution in [0.5, 0.6) is 0 Å². The topological polar surface area (TPSA) is 79.8 Å². The van der Waals surface area contributed by atoms with E-state index in [0.717, 1.165) is 22.8 Å². The average Bonchev–Trinajstić information content (AvgIpc) is 2.54. The van der Waals surface area contributed by atoms with Crippen LogP contribution in [0.15, 0.2) is 48.5 Å². The number of anilines is 3. The van der Waals surface area contributed by atoms with E-state index in [1.807, 2.05) is 51.1 Å². The summed E-state index contributed by atoms with van der Waals surface area (Å²) in [5.41, 5.74) is 4.02. The lowest BCUT2D eigenvalue weighted by molar-refractivity contribution is 0.102. The molecule has 0 radical (unpaired) electrons. The molecule has 0 saturated heterocycles. The molecular weight excluding hydrogens is 314 g/mol. The largest absolute Gasteiger partial charge is 0.324 e. The molecule has 3 aromatic rings. The van der Waals surface area contributed by atoms with Gasteiger partial charge in [0.25, 0.3) is 5.91 Å². The maximum Gasteiger partial charge on any atom is 0.256 e. The summed E-state index contributed by atoms with van der Waals surface area (Å²) in [6.07, 6.45) is 0. The minimum absolute atomic E-state index is 0.202. The third kappa shape index (κ3) is 4.38. The first kappa shape index (κ1) is 16.6. The molecule has 0 unspecified atom stereocenters. The van der Waals surface area contributed by atoms with Gasteiger partial charge in [0.2, 0.25) is 5.95 Å². The Kier molecular flexibility index (Phi) is 4.70. The van der Waals surface area contributed by atoms with Crippen LogP contribution in [-0.4, -0.2) is 20.9 Å². The number of amides is 1. The first-order valence-electron chi connectivity index (χ1n) is 7.94. The van der Waals surface area contributed by atoms with E-state index in [2.05, 4.69) is 25.6 Å². The van der Waals surface area contributed by atoms with E-state index < -0.39 is 0 Å². The van der Waals surface area contributed by atoms with Crippen molar-refractivity contribution in [2.24, 2.45) is 0 Å². The molecule has 6 nitrogen and oxygen atoms in total. The summed E-state index contributed by atoms with van der Waals surface area (Å²) >= 11 is 0. The van der Waals surface area contributed by atoms with Gasteiger partial charge in [0.1, 0.15) is 5.82 Å². The number of hydrogen-bond acceptors (Lipinski definition) is 5. The highest BCUT2D eigenvalue weighted by Gasteiger charge is 2.07. The Hall–Kier alpha value is -3.28. The van der Waals surface area contributed by atoms with Crippen LogP contribution in [0.4, 0.5) is 17.5 Å². The van der Waals surface area contributed by atoms with Gasteiger partial charge < -0.3 is 10.6 Å². The third-order valence-corrected chi connectivity index (χ3v) is 3.52. The fourth-order valence-corrected chi connectivity index (χ4v) is 2.42. The number of carbonyl (C=O) groups excluding carboxylic acids is 1. The fourth-order valence-electron chi connectivity index (χ4n) is 2.42. The molecule has 2 N–H and O–H groups in total. The van der Waals surface area contributed by atoms with Crippen LogP contribution in [0.2, 0.25) is 0 Å². The first-order valence-corrected chi connectivity index (χ1v) is 7.94. The maximum atomic E-state index is 12.3. The average molecular weight is 333 g/mol. The van der Waals surface area contributed by atoms with Crippen LogP contribution in [0.1, 0.15) is 27.4 Å². The summed E-state index contributed by atoms with van der Waals surface area (Å²) < 4.78 is 0. The molecule has 0 atom stereocenters. The lowest BCUT2D eigenvalue weighted by Crippen LogP contribution is -2.13. The minimum atomic E-state index is -0.202. The molecule has 0 aliphatic carbocycles. The summed E-state index contributed by atoms with van der Waals surface area (Å²) in [5.74, 6) is 0.877. The number of pyridine rings is 1. The summed E-state index contributed by atoms with van der Waals surface area (Å²) in [7, 11) is 0. The number of hydrogen-bond donors (Lipinski definition) is 2. The van der Waals surface area contributed by atoms with E-state index in [1.165, 1.54) is 0 Å². The highest BCUT2D eigenvalue weighted by molar-refractivity contribution is 6.03. The van der Waals surface area contributed by atoms with Gasteiger partial charge >= 0.3 is 0 Å². The number of nitrogens with one attached hydrogen (secondary N) is 2. The second kappa shape index (κ2) is 7.09. The summed E-state index contributed by atoms with van der Waals surface area (Å²) in [6.45, 7) is 5.73. The number of aromatic nitrogens is 3. The Morgan fingerprint density at radius 1 is 0.840 bits per heavy atom. The Labute approximate surface area is 146 Å². The zero-order chi connectivity index (χ0) is 17.8. The van der Waals surface area contributed by atoms with E-state index in [1.54, 1.807) is 18.2 Å². The number of carbonyl (C=O) groups is 1. The Bertz CT molecular complexity index is 886. The van der Waals surface area contributed by atoms with Gasteiger partial charge in [-0.1, -0.05) is 6.07 Å². The smallest absolute Gasteiger partial charge is 0.256 e. The number of benzene rings is 1.